The Morgan fingerprint density at radius 1 is 1.56 bits per heavy atom. The van der Waals surface area contributed by atoms with Gasteiger partial charge in [0, 0.05) is 11.6 Å². The first-order chi connectivity index (χ1) is 7.46. The van der Waals surface area contributed by atoms with Crippen LogP contribution in [0.4, 0.5) is 4.79 Å². The molecular formula is C12H18N2O2. The quantitative estimate of drug-likeness (QED) is 0.547. The highest BCUT2D eigenvalue weighted by molar-refractivity contribution is 5.94. The normalized spacial score (nSPS) is 29.8. The summed E-state index contributed by atoms with van der Waals surface area (Å²) in [5.74, 6) is 1.18. The highest BCUT2D eigenvalue weighted by Crippen LogP contribution is 2.40. The molecule has 0 spiro atoms. The zero-order chi connectivity index (χ0) is 11.8. The standard InChI is InChI=1S/C12H18N2O2/c1-12(2,3)16-11(15)14-13-10-7-8-5-4-6-9(8)10/h4-5,8-9H,6-7H2,1-3H3,(H,14,15)/b13-10+. The molecule has 1 fully saturated rings. The van der Waals surface area contributed by atoms with Gasteiger partial charge < -0.3 is 4.74 Å². The fourth-order valence-electron chi connectivity index (χ4n) is 2.08. The van der Waals surface area contributed by atoms with Crippen molar-refractivity contribution in [3.05, 3.63) is 12.2 Å². The number of carbonyl (C=O) groups excluding carboxylic acids is 1. The molecule has 0 aromatic heterocycles. The molecule has 1 N–H and O–H groups in total. The summed E-state index contributed by atoms with van der Waals surface area (Å²) in [6.07, 6.45) is 5.97. The Balaban J connectivity index is 1.80. The van der Waals surface area contributed by atoms with E-state index in [4.69, 9.17) is 4.74 Å². The number of amides is 1. The lowest BCUT2D eigenvalue weighted by Crippen LogP contribution is -2.37. The highest BCUT2D eigenvalue weighted by atomic mass is 16.6. The van der Waals surface area contributed by atoms with Crippen LogP contribution < -0.4 is 5.43 Å². The van der Waals surface area contributed by atoms with E-state index in [1.807, 2.05) is 20.8 Å². The van der Waals surface area contributed by atoms with Crippen molar-refractivity contribution in [1.82, 2.24) is 5.43 Å². The summed E-state index contributed by atoms with van der Waals surface area (Å²) in [4.78, 5) is 11.3. The van der Waals surface area contributed by atoms with Crippen molar-refractivity contribution >= 4 is 11.8 Å². The minimum Gasteiger partial charge on any atom is -0.443 e. The van der Waals surface area contributed by atoms with E-state index < -0.39 is 11.7 Å². The molecule has 2 atom stereocenters. The summed E-state index contributed by atoms with van der Waals surface area (Å²) in [6.45, 7) is 5.50. The van der Waals surface area contributed by atoms with Crippen molar-refractivity contribution in [1.29, 1.82) is 0 Å². The van der Waals surface area contributed by atoms with Gasteiger partial charge in [0.25, 0.3) is 0 Å². The van der Waals surface area contributed by atoms with Crippen molar-refractivity contribution in [2.45, 2.75) is 39.2 Å². The number of rotatable bonds is 1. The maximum absolute atomic E-state index is 11.3. The second-order valence-electron chi connectivity index (χ2n) is 5.36. The van der Waals surface area contributed by atoms with Crippen molar-refractivity contribution in [2.75, 3.05) is 0 Å². The number of nitrogens with one attached hydrogen (secondary N) is 1. The predicted octanol–water partition coefficient (Wildman–Crippen LogP) is 2.46. The molecule has 2 rings (SSSR count). The summed E-state index contributed by atoms with van der Waals surface area (Å²) < 4.78 is 5.10. The molecule has 1 amide bonds. The number of hydrogen-bond acceptors (Lipinski definition) is 3. The van der Waals surface area contributed by atoms with E-state index in [9.17, 15) is 4.79 Å². The third kappa shape index (κ3) is 2.43. The van der Waals surface area contributed by atoms with Crippen molar-refractivity contribution in [3.8, 4) is 0 Å². The molecule has 0 aromatic carbocycles. The van der Waals surface area contributed by atoms with Gasteiger partial charge in [-0.05, 0) is 39.5 Å². The van der Waals surface area contributed by atoms with Crippen LogP contribution >= 0.6 is 0 Å². The van der Waals surface area contributed by atoms with E-state index >= 15 is 0 Å². The average Bonchev–Trinajstić information content (AvgIpc) is 2.44. The number of hydrogen-bond donors (Lipinski definition) is 1. The van der Waals surface area contributed by atoms with E-state index in [0.717, 1.165) is 18.6 Å². The summed E-state index contributed by atoms with van der Waals surface area (Å²) in [6, 6.07) is 0. The zero-order valence-electron chi connectivity index (χ0n) is 9.99. The minimum atomic E-state index is -0.477. The van der Waals surface area contributed by atoms with Crippen LogP contribution in [0.3, 0.4) is 0 Å². The SMILES string of the molecule is CC(C)(C)OC(=O)N/N=C1\CC2C=CCC12. The van der Waals surface area contributed by atoms with Crippen LogP contribution in [0.2, 0.25) is 0 Å². The first-order valence-corrected chi connectivity index (χ1v) is 5.68. The van der Waals surface area contributed by atoms with Crippen molar-refractivity contribution in [3.63, 3.8) is 0 Å². The number of fused-ring (bicyclic) bond motifs is 1. The largest absolute Gasteiger partial charge is 0.443 e. The lowest BCUT2D eigenvalue weighted by molar-refractivity contribution is 0.0528. The summed E-state index contributed by atoms with van der Waals surface area (Å²) in [5, 5.41) is 4.11. The number of ether oxygens (including phenoxy) is 1. The van der Waals surface area contributed by atoms with E-state index in [2.05, 4.69) is 22.7 Å². The molecule has 0 saturated heterocycles. The highest BCUT2D eigenvalue weighted by Gasteiger charge is 2.38. The Bertz CT molecular complexity index is 353. The zero-order valence-corrected chi connectivity index (χ0v) is 9.99. The maximum Gasteiger partial charge on any atom is 0.428 e. The molecule has 4 heteroatoms. The van der Waals surface area contributed by atoms with Gasteiger partial charge in [-0.1, -0.05) is 12.2 Å². The van der Waals surface area contributed by atoms with Gasteiger partial charge in [0.15, 0.2) is 0 Å². The third-order valence-electron chi connectivity index (χ3n) is 2.85. The number of carbonyl (C=O) groups is 1. The van der Waals surface area contributed by atoms with Gasteiger partial charge in [0.2, 0.25) is 0 Å². The average molecular weight is 222 g/mol. The van der Waals surface area contributed by atoms with Crippen LogP contribution in [0.15, 0.2) is 17.3 Å². The first-order valence-electron chi connectivity index (χ1n) is 5.68. The summed E-state index contributed by atoms with van der Waals surface area (Å²) >= 11 is 0. The van der Waals surface area contributed by atoms with Crippen LogP contribution in [0, 0.1) is 11.8 Å². The first kappa shape index (κ1) is 11.2. The number of allylic oxidation sites excluding steroid dienone is 2. The van der Waals surface area contributed by atoms with E-state index in [1.165, 1.54) is 0 Å². The molecule has 0 radical (unpaired) electrons. The number of hydrazone groups is 1. The minimum absolute atomic E-state index is 0.471. The third-order valence-corrected chi connectivity index (χ3v) is 2.85. The van der Waals surface area contributed by atoms with Crippen molar-refractivity contribution in [2.24, 2.45) is 16.9 Å². The topological polar surface area (TPSA) is 50.7 Å². The van der Waals surface area contributed by atoms with Gasteiger partial charge in [-0.25, -0.2) is 10.2 Å². The molecule has 1 saturated carbocycles. The Hall–Kier alpha value is -1.32. The second kappa shape index (κ2) is 3.92. The molecule has 2 aliphatic carbocycles. The van der Waals surface area contributed by atoms with Gasteiger partial charge in [-0.15, -0.1) is 0 Å². The van der Waals surface area contributed by atoms with Crippen molar-refractivity contribution < 1.29 is 9.53 Å². The molecule has 88 valence electrons. The molecular weight excluding hydrogens is 204 g/mol. The van der Waals surface area contributed by atoms with Gasteiger partial charge >= 0.3 is 6.09 Å². The fourth-order valence-corrected chi connectivity index (χ4v) is 2.08. The van der Waals surface area contributed by atoms with E-state index in [0.29, 0.717) is 11.8 Å². The monoisotopic (exact) mass is 222 g/mol. The molecule has 2 unspecified atom stereocenters. The Morgan fingerprint density at radius 2 is 2.31 bits per heavy atom. The molecule has 4 nitrogen and oxygen atoms in total. The van der Waals surface area contributed by atoms with Crippen LogP contribution in [0.25, 0.3) is 0 Å². The van der Waals surface area contributed by atoms with Crippen LogP contribution in [-0.2, 0) is 4.74 Å². The van der Waals surface area contributed by atoms with Gasteiger partial charge in [0.05, 0.1) is 0 Å². The molecule has 0 bridgehead atoms. The molecule has 2 aliphatic rings. The van der Waals surface area contributed by atoms with Crippen LogP contribution in [-0.4, -0.2) is 17.4 Å². The van der Waals surface area contributed by atoms with E-state index in [1.54, 1.807) is 0 Å². The Morgan fingerprint density at radius 3 is 2.94 bits per heavy atom. The van der Waals surface area contributed by atoms with Gasteiger partial charge in [-0.2, -0.15) is 5.10 Å². The van der Waals surface area contributed by atoms with E-state index in [-0.39, 0.29) is 0 Å². The molecule has 0 heterocycles. The molecule has 16 heavy (non-hydrogen) atoms. The maximum atomic E-state index is 11.3. The lowest BCUT2D eigenvalue weighted by Gasteiger charge is -2.31. The summed E-state index contributed by atoms with van der Waals surface area (Å²) in [7, 11) is 0. The van der Waals surface area contributed by atoms with Gasteiger partial charge in [-0.3, -0.25) is 0 Å². The molecule has 0 aromatic rings. The lowest BCUT2D eigenvalue weighted by atomic mass is 9.74. The van der Waals surface area contributed by atoms with Gasteiger partial charge in [0.1, 0.15) is 5.60 Å². The Kier molecular flexibility index (Phi) is 2.74. The summed E-state index contributed by atoms with van der Waals surface area (Å²) in [5.41, 5.74) is 3.07. The predicted molar refractivity (Wildman–Crippen MR) is 62.2 cm³/mol. The smallest absolute Gasteiger partial charge is 0.428 e. The van der Waals surface area contributed by atoms with Crippen LogP contribution in [0.1, 0.15) is 33.6 Å². The Labute approximate surface area is 95.7 Å². The number of nitrogens with zero attached hydrogens (tertiary/aromatic N) is 1. The van der Waals surface area contributed by atoms with Crippen LogP contribution in [0.5, 0.6) is 0 Å². The molecule has 0 aliphatic heterocycles. The fraction of sp³-hybridized carbons (Fsp3) is 0.667. The second-order valence-corrected chi connectivity index (χ2v) is 5.36.